The smallest absolute Gasteiger partial charge is 0.225 e. The zero-order chi connectivity index (χ0) is 14.5. The van der Waals surface area contributed by atoms with Crippen molar-refractivity contribution < 1.29 is 4.79 Å². The van der Waals surface area contributed by atoms with Crippen molar-refractivity contribution in [3.8, 4) is 0 Å². The zero-order valence-electron chi connectivity index (χ0n) is 11.9. The van der Waals surface area contributed by atoms with Crippen molar-refractivity contribution in [1.29, 1.82) is 0 Å². The Bertz CT molecular complexity index is 470. The SMILES string of the molecule is CC1CCN(CCC(=O)Nc2ccc(N)cc2Cl)CC1. The minimum Gasteiger partial charge on any atom is -0.399 e. The van der Waals surface area contributed by atoms with Crippen molar-refractivity contribution >= 4 is 28.9 Å². The minimum absolute atomic E-state index is 0.00436. The minimum atomic E-state index is -0.00436. The van der Waals surface area contributed by atoms with Gasteiger partial charge in [0.15, 0.2) is 0 Å². The molecule has 110 valence electrons. The largest absolute Gasteiger partial charge is 0.399 e. The van der Waals surface area contributed by atoms with Gasteiger partial charge in [-0.05, 0) is 50.0 Å². The molecule has 0 aromatic heterocycles. The fourth-order valence-corrected chi connectivity index (χ4v) is 2.63. The van der Waals surface area contributed by atoms with Crippen LogP contribution in [0.1, 0.15) is 26.2 Å². The first-order valence-electron chi connectivity index (χ1n) is 7.12. The van der Waals surface area contributed by atoms with Crippen LogP contribution in [0.5, 0.6) is 0 Å². The van der Waals surface area contributed by atoms with Crippen molar-refractivity contribution in [3.63, 3.8) is 0 Å². The Hall–Kier alpha value is -1.26. The van der Waals surface area contributed by atoms with Crippen LogP contribution in [0.4, 0.5) is 11.4 Å². The van der Waals surface area contributed by atoms with Crippen LogP contribution in [0.2, 0.25) is 5.02 Å². The molecule has 5 heteroatoms. The van der Waals surface area contributed by atoms with Crippen LogP contribution in [-0.2, 0) is 4.79 Å². The van der Waals surface area contributed by atoms with E-state index in [1.807, 2.05) is 0 Å². The maximum atomic E-state index is 11.9. The van der Waals surface area contributed by atoms with Crippen LogP contribution in [0, 0.1) is 5.92 Å². The first-order valence-corrected chi connectivity index (χ1v) is 7.49. The van der Waals surface area contributed by atoms with Gasteiger partial charge in [0.05, 0.1) is 10.7 Å². The van der Waals surface area contributed by atoms with Crippen LogP contribution in [-0.4, -0.2) is 30.4 Å². The number of carbonyl (C=O) groups excluding carboxylic acids is 1. The van der Waals surface area contributed by atoms with Crippen LogP contribution in [0.15, 0.2) is 18.2 Å². The Labute approximate surface area is 125 Å². The fraction of sp³-hybridized carbons (Fsp3) is 0.533. The Kier molecular flexibility index (Phi) is 5.26. The molecular weight excluding hydrogens is 274 g/mol. The molecule has 4 nitrogen and oxygen atoms in total. The Balaban J connectivity index is 1.78. The van der Waals surface area contributed by atoms with Gasteiger partial charge < -0.3 is 16.0 Å². The maximum Gasteiger partial charge on any atom is 0.225 e. The number of nitrogen functional groups attached to an aromatic ring is 1. The normalized spacial score (nSPS) is 17.1. The molecule has 1 fully saturated rings. The van der Waals surface area contributed by atoms with E-state index in [9.17, 15) is 4.79 Å². The summed E-state index contributed by atoms with van der Waals surface area (Å²) < 4.78 is 0. The van der Waals surface area contributed by atoms with Crippen LogP contribution >= 0.6 is 11.6 Å². The number of halogens is 1. The highest BCUT2D eigenvalue weighted by Crippen LogP contribution is 2.24. The Morgan fingerprint density at radius 2 is 2.15 bits per heavy atom. The summed E-state index contributed by atoms with van der Waals surface area (Å²) in [6, 6.07) is 5.11. The zero-order valence-corrected chi connectivity index (χ0v) is 12.6. The molecule has 0 aliphatic carbocycles. The van der Waals surface area contributed by atoms with Gasteiger partial charge in [-0.15, -0.1) is 0 Å². The number of amides is 1. The van der Waals surface area contributed by atoms with E-state index in [1.54, 1.807) is 18.2 Å². The Morgan fingerprint density at radius 1 is 1.45 bits per heavy atom. The van der Waals surface area contributed by atoms with E-state index in [-0.39, 0.29) is 5.91 Å². The number of hydrogen-bond acceptors (Lipinski definition) is 3. The third-order valence-electron chi connectivity index (χ3n) is 3.80. The molecular formula is C15H22ClN3O. The standard InChI is InChI=1S/C15H22ClN3O/c1-11-4-7-19(8-5-11)9-6-15(20)18-14-3-2-12(17)10-13(14)16/h2-3,10-11H,4-9,17H2,1H3,(H,18,20). The van der Waals surface area contributed by atoms with Gasteiger partial charge in [0.2, 0.25) is 5.91 Å². The van der Waals surface area contributed by atoms with Gasteiger partial charge in [0.1, 0.15) is 0 Å². The van der Waals surface area contributed by atoms with Crippen LogP contribution in [0.3, 0.4) is 0 Å². The number of nitrogens with two attached hydrogens (primary N) is 1. The predicted octanol–water partition coefficient (Wildman–Crippen LogP) is 2.98. The number of benzene rings is 1. The molecule has 0 saturated carbocycles. The summed E-state index contributed by atoms with van der Waals surface area (Å²) in [5.74, 6) is 0.809. The molecule has 0 radical (unpaired) electrons. The van der Waals surface area contributed by atoms with Crippen molar-refractivity contribution in [3.05, 3.63) is 23.2 Å². The molecule has 1 aromatic carbocycles. The topological polar surface area (TPSA) is 58.4 Å². The van der Waals surface area contributed by atoms with E-state index in [2.05, 4.69) is 17.1 Å². The molecule has 20 heavy (non-hydrogen) atoms. The lowest BCUT2D eigenvalue weighted by atomic mass is 9.99. The second kappa shape index (κ2) is 6.95. The summed E-state index contributed by atoms with van der Waals surface area (Å²) in [6.45, 7) is 5.28. The molecule has 0 bridgehead atoms. The van der Waals surface area contributed by atoms with E-state index in [4.69, 9.17) is 17.3 Å². The molecule has 0 unspecified atom stereocenters. The highest BCUT2D eigenvalue weighted by Gasteiger charge is 2.16. The van der Waals surface area contributed by atoms with E-state index in [1.165, 1.54) is 12.8 Å². The first kappa shape index (κ1) is 15.1. The number of nitrogens with one attached hydrogen (secondary N) is 1. The van der Waals surface area contributed by atoms with E-state index >= 15 is 0 Å². The number of rotatable bonds is 4. The summed E-state index contributed by atoms with van der Waals surface area (Å²) in [7, 11) is 0. The lowest BCUT2D eigenvalue weighted by Crippen LogP contribution is -2.35. The quantitative estimate of drug-likeness (QED) is 0.840. The number of anilines is 2. The molecule has 2 rings (SSSR count). The maximum absolute atomic E-state index is 11.9. The monoisotopic (exact) mass is 295 g/mol. The van der Waals surface area contributed by atoms with Crippen LogP contribution in [0.25, 0.3) is 0 Å². The molecule has 1 heterocycles. The van der Waals surface area contributed by atoms with E-state index in [0.717, 1.165) is 25.6 Å². The van der Waals surface area contributed by atoms with Crippen LogP contribution < -0.4 is 11.1 Å². The number of carbonyl (C=O) groups is 1. The van der Waals surface area contributed by atoms with Gasteiger partial charge in [-0.3, -0.25) is 4.79 Å². The summed E-state index contributed by atoms with van der Waals surface area (Å²) in [6.07, 6.45) is 2.95. The van der Waals surface area contributed by atoms with Gasteiger partial charge in [0.25, 0.3) is 0 Å². The predicted molar refractivity (Wildman–Crippen MR) is 83.9 cm³/mol. The highest BCUT2D eigenvalue weighted by molar-refractivity contribution is 6.34. The van der Waals surface area contributed by atoms with Crippen molar-refractivity contribution in [1.82, 2.24) is 4.90 Å². The van der Waals surface area contributed by atoms with Crippen molar-refractivity contribution in [2.45, 2.75) is 26.2 Å². The summed E-state index contributed by atoms with van der Waals surface area (Å²) in [4.78, 5) is 14.3. The lowest BCUT2D eigenvalue weighted by Gasteiger charge is -2.29. The van der Waals surface area contributed by atoms with Crippen molar-refractivity contribution in [2.24, 2.45) is 5.92 Å². The van der Waals surface area contributed by atoms with Gasteiger partial charge in [0, 0.05) is 18.7 Å². The molecule has 1 amide bonds. The molecule has 0 atom stereocenters. The summed E-state index contributed by atoms with van der Waals surface area (Å²) >= 11 is 6.03. The third-order valence-corrected chi connectivity index (χ3v) is 4.11. The number of piperidine rings is 1. The Morgan fingerprint density at radius 3 is 2.80 bits per heavy atom. The molecule has 1 aromatic rings. The van der Waals surface area contributed by atoms with E-state index < -0.39 is 0 Å². The molecule has 1 saturated heterocycles. The molecule has 1 aliphatic heterocycles. The lowest BCUT2D eigenvalue weighted by molar-refractivity contribution is -0.116. The van der Waals surface area contributed by atoms with Gasteiger partial charge in [-0.25, -0.2) is 0 Å². The highest BCUT2D eigenvalue weighted by atomic mass is 35.5. The second-order valence-electron chi connectivity index (χ2n) is 5.56. The average molecular weight is 296 g/mol. The summed E-state index contributed by atoms with van der Waals surface area (Å²) in [5, 5.41) is 3.31. The average Bonchev–Trinajstić information content (AvgIpc) is 2.41. The van der Waals surface area contributed by atoms with E-state index in [0.29, 0.717) is 22.8 Å². The third kappa shape index (κ3) is 4.39. The van der Waals surface area contributed by atoms with Gasteiger partial charge >= 0.3 is 0 Å². The number of hydrogen-bond donors (Lipinski definition) is 2. The molecule has 0 spiro atoms. The fourth-order valence-electron chi connectivity index (χ4n) is 2.39. The number of likely N-dealkylation sites (tertiary alicyclic amines) is 1. The van der Waals surface area contributed by atoms with Gasteiger partial charge in [-0.2, -0.15) is 0 Å². The first-order chi connectivity index (χ1) is 9.54. The molecule has 1 aliphatic rings. The number of nitrogens with zero attached hydrogens (tertiary/aromatic N) is 1. The molecule has 3 N–H and O–H groups in total. The second-order valence-corrected chi connectivity index (χ2v) is 5.97. The summed E-state index contributed by atoms with van der Waals surface area (Å²) in [5.41, 5.74) is 6.84. The van der Waals surface area contributed by atoms with Gasteiger partial charge in [-0.1, -0.05) is 18.5 Å². The van der Waals surface area contributed by atoms with Crippen molar-refractivity contribution in [2.75, 3.05) is 30.7 Å².